The summed E-state index contributed by atoms with van der Waals surface area (Å²) in [7, 11) is 0. The molecule has 15 heavy (non-hydrogen) atoms. The molecule has 0 saturated carbocycles. The van der Waals surface area contributed by atoms with E-state index in [-0.39, 0.29) is 5.69 Å². The fraction of sp³-hybridized carbons (Fsp3) is 0. The minimum absolute atomic E-state index is 0.137. The summed E-state index contributed by atoms with van der Waals surface area (Å²) >= 11 is 3.37. The van der Waals surface area contributed by atoms with Crippen LogP contribution in [0, 0.1) is 0 Å². The molecule has 1 aromatic heterocycles. The molecule has 0 atom stereocenters. The zero-order valence-electron chi connectivity index (χ0n) is 7.72. The van der Waals surface area contributed by atoms with Crippen molar-refractivity contribution < 1.29 is 0 Å². The molecule has 2 aromatic rings. The molecular formula is C10H8BrN3O. The van der Waals surface area contributed by atoms with Gasteiger partial charge in [0, 0.05) is 16.4 Å². The second-order valence-electron chi connectivity index (χ2n) is 3.02. The van der Waals surface area contributed by atoms with Gasteiger partial charge in [0.25, 0.3) is 5.56 Å². The van der Waals surface area contributed by atoms with Crippen LogP contribution in [0.2, 0.25) is 0 Å². The van der Waals surface area contributed by atoms with Crippen LogP contribution in [0.3, 0.4) is 0 Å². The number of nitrogens with zero attached hydrogens (tertiary/aromatic N) is 2. The van der Waals surface area contributed by atoms with Crippen LogP contribution in [0.25, 0.3) is 5.69 Å². The summed E-state index contributed by atoms with van der Waals surface area (Å²) in [5, 5.41) is 0. The molecule has 0 saturated heterocycles. The van der Waals surface area contributed by atoms with E-state index in [2.05, 4.69) is 20.9 Å². The molecule has 2 N–H and O–H groups in total. The predicted octanol–water partition coefficient (Wildman–Crippen LogP) is 1.58. The summed E-state index contributed by atoms with van der Waals surface area (Å²) in [6, 6.07) is 7.62. The molecule has 2 rings (SSSR count). The minimum Gasteiger partial charge on any atom is -0.393 e. The summed E-state index contributed by atoms with van der Waals surface area (Å²) in [4.78, 5) is 14.7. The van der Waals surface area contributed by atoms with E-state index >= 15 is 0 Å². The molecule has 0 aliphatic heterocycles. The first kappa shape index (κ1) is 9.92. The molecule has 0 radical (unpaired) electrons. The van der Waals surface area contributed by atoms with Gasteiger partial charge in [0.2, 0.25) is 0 Å². The summed E-state index contributed by atoms with van der Waals surface area (Å²) in [5.41, 5.74) is 6.12. The van der Waals surface area contributed by atoms with E-state index in [0.717, 1.165) is 10.2 Å². The fourth-order valence-electron chi connectivity index (χ4n) is 1.21. The zero-order chi connectivity index (χ0) is 10.8. The van der Waals surface area contributed by atoms with Crippen LogP contribution in [0.5, 0.6) is 0 Å². The average molecular weight is 266 g/mol. The number of nitrogen functional groups attached to an aromatic ring is 1. The van der Waals surface area contributed by atoms with Gasteiger partial charge in [-0.15, -0.1) is 0 Å². The maximum atomic E-state index is 11.0. The molecule has 0 bridgehead atoms. The van der Waals surface area contributed by atoms with Gasteiger partial charge in [0.15, 0.2) is 0 Å². The first-order valence-corrected chi connectivity index (χ1v) is 5.06. The Bertz CT molecular complexity index is 550. The van der Waals surface area contributed by atoms with E-state index < -0.39 is 5.56 Å². The number of anilines is 1. The lowest BCUT2D eigenvalue weighted by Gasteiger charge is -2.06. The largest absolute Gasteiger partial charge is 0.393 e. The van der Waals surface area contributed by atoms with Crippen LogP contribution < -0.4 is 11.3 Å². The van der Waals surface area contributed by atoms with E-state index in [0.29, 0.717) is 0 Å². The Morgan fingerprint density at radius 2 is 2.20 bits per heavy atom. The molecule has 0 aliphatic carbocycles. The number of benzene rings is 1. The Morgan fingerprint density at radius 3 is 2.87 bits per heavy atom. The van der Waals surface area contributed by atoms with Crippen LogP contribution in [0.1, 0.15) is 0 Å². The molecule has 0 fully saturated rings. The summed E-state index contributed by atoms with van der Waals surface area (Å²) in [6.07, 6.45) is 3.00. The van der Waals surface area contributed by atoms with Gasteiger partial charge in [-0.25, -0.2) is 0 Å². The molecule has 5 heteroatoms. The number of halogens is 1. The third kappa shape index (κ3) is 2.07. The van der Waals surface area contributed by atoms with Crippen LogP contribution in [0.15, 0.2) is 46.1 Å². The number of hydrogen-bond acceptors (Lipinski definition) is 3. The molecule has 0 spiro atoms. The highest BCUT2D eigenvalue weighted by molar-refractivity contribution is 9.10. The van der Waals surface area contributed by atoms with Crippen LogP contribution in [-0.4, -0.2) is 9.55 Å². The Kier molecular flexibility index (Phi) is 2.55. The van der Waals surface area contributed by atoms with Crippen molar-refractivity contribution in [1.82, 2.24) is 9.55 Å². The predicted molar refractivity (Wildman–Crippen MR) is 61.9 cm³/mol. The molecule has 0 unspecified atom stereocenters. The average Bonchev–Trinajstić information content (AvgIpc) is 2.22. The topological polar surface area (TPSA) is 60.9 Å². The third-order valence-corrected chi connectivity index (χ3v) is 2.42. The lowest BCUT2D eigenvalue weighted by molar-refractivity contribution is 0.967. The molecule has 1 aromatic carbocycles. The van der Waals surface area contributed by atoms with E-state index in [1.807, 2.05) is 24.3 Å². The Hall–Kier alpha value is -1.62. The quantitative estimate of drug-likeness (QED) is 0.852. The van der Waals surface area contributed by atoms with Crippen LogP contribution in [0.4, 0.5) is 5.69 Å². The molecule has 76 valence electrons. The Labute approximate surface area is 94.5 Å². The van der Waals surface area contributed by atoms with E-state index in [9.17, 15) is 4.79 Å². The monoisotopic (exact) mass is 265 g/mol. The Balaban J connectivity index is 2.55. The van der Waals surface area contributed by atoms with Crippen molar-refractivity contribution in [3.8, 4) is 5.69 Å². The maximum absolute atomic E-state index is 11.0. The maximum Gasteiger partial charge on any atom is 0.295 e. The van der Waals surface area contributed by atoms with E-state index in [4.69, 9.17) is 5.73 Å². The van der Waals surface area contributed by atoms with E-state index in [1.165, 1.54) is 6.33 Å². The second-order valence-corrected chi connectivity index (χ2v) is 3.94. The van der Waals surface area contributed by atoms with Crippen molar-refractivity contribution in [2.24, 2.45) is 0 Å². The molecule has 0 amide bonds. The summed E-state index contributed by atoms with van der Waals surface area (Å²) in [6.45, 7) is 0. The van der Waals surface area contributed by atoms with Crippen molar-refractivity contribution in [1.29, 1.82) is 0 Å². The lowest BCUT2D eigenvalue weighted by atomic mass is 10.3. The number of rotatable bonds is 1. The summed E-state index contributed by atoms with van der Waals surface area (Å²) in [5.74, 6) is 0. The van der Waals surface area contributed by atoms with Crippen molar-refractivity contribution in [3.05, 3.63) is 51.6 Å². The van der Waals surface area contributed by atoms with Gasteiger partial charge in [-0.2, -0.15) is 4.98 Å². The van der Waals surface area contributed by atoms with Crippen molar-refractivity contribution in [2.45, 2.75) is 0 Å². The third-order valence-electron chi connectivity index (χ3n) is 1.93. The molecule has 1 heterocycles. The van der Waals surface area contributed by atoms with Gasteiger partial charge in [-0.05, 0) is 18.2 Å². The first-order valence-electron chi connectivity index (χ1n) is 4.26. The first-order chi connectivity index (χ1) is 7.16. The van der Waals surface area contributed by atoms with Gasteiger partial charge in [0.05, 0.1) is 0 Å². The SMILES string of the molecule is Nc1cn(-c2cccc(Br)c2)cnc1=O. The van der Waals surface area contributed by atoms with E-state index in [1.54, 1.807) is 10.8 Å². The smallest absolute Gasteiger partial charge is 0.295 e. The second kappa shape index (κ2) is 3.86. The fourth-order valence-corrected chi connectivity index (χ4v) is 1.59. The highest BCUT2D eigenvalue weighted by atomic mass is 79.9. The standard InChI is InChI=1S/C10H8BrN3O/c11-7-2-1-3-8(4-7)14-5-9(12)10(15)13-6-14/h1-6H,12H2. The molecule has 0 aliphatic rings. The normalized spacial score (nSPS) is 10.2. The minimum atomic E-state index is -0.402. The molecule has 4 nitrogen and oxygen atoms in total. The lowest BCUT2D eigenvalue weighted by Crippen LogP contribution is -2.14. The van der Waals surface area contributed by atoms with Crippen LogP contribution in [-0.2, 0) is 0 Å². The Morgan fingerprint density at radius 1 is 1.40 bits per heavy atom. The van der Waals surface area contributed by atoms with Gasteiger partial charge in [-0.1, -0.05) is 22.0 Å². The van der Waals surface area contributed by atoms with Crippen LogP contribution >= 0.6 is 15.9 Å². The zero-order valence-corrected chi connectivity index (χ0v) is 9.31. The van der Waals surface area contributed by atoms with Gasteiger partial charge >= 0.3 is 0 Å². The number of hydrogen-bond donors (Lipinski definition) is 1. The molecular weight excluding hydrogens is 258 g/mol. The highest BCUT2D eigenvalue weighted by Gasteiger charge is 1.99. The van der Waals surface area contributed by atoms with Crippen molar-refractivity contribution in [3.63, 3.8) is 0 Å². The van der Waals surface area contributed by atoms with Gasteiger partial charge in [0.1, 0.15) is 12.0 Å². The summed E-state index contributed by atoms with van der Waals surface area (Å²) < 4.78 is 2.65. The number of nitrogens with two attached hydrogens (primary N) is 1. The van der Waals surface area contributed by atoms with Gasteiger partial charge < -0.3 is 10.3 Å². The van der Waals surface area contributed by atoms with Gasteiger partial charge in [-0.3, -0.25) is 4.79 Å². The van der Waals surface area contributed by atoms with Crippen molar-refractivity contribution in [2.75, 3.05) is 5.73 Å². The highest BCUT2D eigenvalue weighted by Crippen LogP contribution is 2.14. The van der Waals surface area contributed by atoms with Crippen molar-refractivity contribution >= 4 is 21.6 Å². The number of aromatic nitrogens is 2.